The molecule has 6 heteroatoms. The van der Waals surface area contributed by atoms with Crippen molar-refractivity contribution in [1.29, 1.82) is 0 Å². The van der Waals surface area contributed by atoms with Crippen LogP contribution in [0.15, 0.2) is 41.5 Å². The molecular weight excluding hydrogens is 498 g/mol. The molecule has 1 nitrogen and oxygen atoms in total. The lowest BCUT2D eigenvalue weighted by Gasteiger charge is -2.12. The Morgan fingerprint density at radius 2 is 1.71 bits per heavy atom. The molecule has 0 aliphatic rings. The van der Waals surface area contributed by atoms with E-state index in [0.29, 0.717) is 0 Å². The first-order valence-electron chi connectivity index (χ1n) is 4.64. The molecule has 0 aliphatic heterocycles. The number of halogens is 4. The van der Waals surface area contributed by atoms with Crippen molar-refractivity contribution in [2.75, 3.05) is 0 Å². The van der Waals surface area contributed by atoms with Crippen LogP contribution in [0.2, 0.25) is 0 Å². The number of thiophene rings is 1. The van der Waals surface area contributed by atoms with Crippen LogP contribution in [-0.2, 0) is 0 Å². The van der Waals surface area contributed by atoms with Gasteiger partial charge in [-0.2, -0.15) is 0 Å². The maximum absolute atomic E-state index is 6.29. The smallest absolute Gasteiger partial charge is 0.0843 e. The molecular formula is C11H7Br4NS. The van der Waals surface area contributed by atoms with Gasteiger partial charge in [-0.25, -0.2) is 0 Å². The third kappa shape index (κ3) is 3.22. The molecule has 0 saturated heterocycles. The SMILES string of the molecule is NC(c1cc(Br)c(Br)s1)c1cc(Br)ccc1Br. The van der Waals surface area contributed by atoms with Crippen LogP contribution < -0.4 is 5.73 Å². The summed E-state index contributed by atoms with van der Waals surface area (Å²) in [5.74, 6) is 0. The molecule has 0 amide bonds. The topological polar surface area (TPSA) is 26.0 Å². The van der Waals surface area contributed by atoms with Gasteiger partial charge in [0.25, 0.3) is 0 Å². The second-order valence-corrected chi connectivity index (χ2v) is 8.44. The van der Waals surface area contributed by atoms with E-state index in [-0.39, 0.29) is 6.04 Å². The number of rotatable bonds is 2. The number of nitrogens with two attached hydrogens (primary N) is 1. The Balaban J connectivity index is 2.42. The average Bonchev–Trinajstić information content (AvgIpc) is 2.62. The van der Waals surface area contributed by atoms with Gasteiger partial charge in [0.2, 0.25) is 0 Å². The van der Waals surface area contributed by atoms with E-state index in [1.165, 1.54) is 0 Å². The van der Waals surface area contributed by atoms with Crippen molar-refractivity contribution in [2.24, 2.45) is 5.73 Å². The minimum absolute atomic E-state index is 0.130. The Morgan fingerprint density at radius 3 is 2.29 bits per heavy atom. The Labute approximate surface area is 137 Å². The summed E-state index contributed by atoms with van der Waals surface area (Å²) in [5.41, 5.74) is 7.36. The quantitative estimate of drug-likeness (QED) is 0.546. The molecule has 0 fully saturated rings. The van der Waals surface area contributed by atoms with E-state index < -0.39 is 0 Å². The lowest BCUT2D eigenvalue weighted by molar-refractivity contribution is 0.886. The molecule has 1 atom stereocenters. The molecule has 2 rings (SSSR count). The zero-order valence-corrected chi connectivity index (χ0v) is 15.5. The van der Waals surface area contributed by atoms with Crippen molar-refractivity contribution < 1.29 is 0 Å². The van der Waals surface area contributed by atoms with Crippen LogP contribution in [0.4, 0.5) is 0 Å². The number of benzene rings is 1. The molecule has 0 bridgehead atoms. The van der Waals surface area contributed by atoms with Crippen LogP contribution in [0.1, 0.15) is 16.5 Å². The van der Waals surface area contributed by atoms with Crippen LogP contribution in [0.3, 0.4) is 0 Å². The fourth-order valence-corrected chi connectivity index (χ4v) is 4.41. The van der Waals surface area contributed by atoms with E-state index >= 15 is 0 Å². The van der Waals surface area contributed by atoms with Crippen LogP contribution in [0, 0.1) is 0 Å². The predicted octanol–water partition coefficient (Wildman–Crippen LogP) is 5.85. The van der Waals surface area contributed by atoms with Crippen molar-refractivity contribution in [3.8, 4) is 0 Å². The van der Waals surface area contributed by atoms with Crippen molar-refractivity contribution in [3.63, 3.8) is 0 Å². The maximum Gasteiger partial charge on any atom is 0.0843 e. The van der Waals surface area contributed by atoms with E-state index in [4.69, 9.17) is 5.73 Å². The molecule has 1 heterocycles. The summed E-state index contributed by atoms with van der Waals surface area (Å²) >= 11 is 15.6. The van der Waals surface area contributed by atoms with E-state index in [9.17, 15) is 0 Å². The highest BCUT2D eigenvalue weighted by molar-refractivity contribution is 9.13. The fraction of sp³-hybridized carbons (Fsp3) is 0.0909. The Bertz CT molecular complexity index is 533. The summed E-state index contributed by atoms with van der Waals surface area (Å²) in [6.07, 6.45) is 0. The first-order valence-corrected chi connectivity index (χ1v) is 8.63. The molecule has 17 heavy (non-hydrogen) atoms. The molecule has 1 aromatic carbocycles. The van der Waals surface area contributed by atoms with Gasteiger partial charge in [-0.3, -0.25) is 0 Å². The number of hydrogen-bond acceptors (Lipinski definition) is 2. The molecule has 1 aromatic heterocycles. The van der Waals surface area contributed by atoms with Crippen LogP contribution >= 0.6 is 75.1 Å². The van der Waals surface area contributed by atoms with Gasteiger partial charge in [-0.05, 0) is 61.7 Å². The van der Waals surface area contributed by atoms with Gasteiger partial charge in [0.1, 0.15) is 0 Å². The van der Waals surface area contributed by atoms with Gasteiger partial charge in [-0.1, -0.05) is 31.9 Å². The lowest BCUT2D eigenvalue weighted by atomic mass is 10.1. The van der Waals surface area contributed by atoms with Gasteiger partial charge >= 0.3 is 0 Å². The fourth-order valence-electron chi connectivity index (χ4n) is 1.42. The Morgan fingerprint density at radius 1 is 1.00 bits per heavy atom. The van der Waals surface area contributed by atoms with E-state index in [1.54, 1.807) is 11.3 Å². The minimum Gasteiger partial charge on any atom is -0.320 e. The zero-order valence-electron chi connectivity index (χ0n) is 8.38. The lowest BCUT2D eigenvalue weighted by Crippen LogP contribution is -2.10. The number of hydrogen-bond donors (Lipinski definition) is 1. The van der Waals surface area contributed by atoms with Crippen LogP contribution in [0.5, 0.6) is 0 Å². The summed E-state index contributed by atoms with van der Waals surface area (Å²) in [6, 6.07) is 7.94. The van der Waals surface area contributed by atoms with Crippen LogP contribution in [0.25, 0.3) is 0 Å². The third-order valence-electron chi connectivity index (χ3n) is 2.26. The highest BCUT2D eigenvalue weighted by atomic mass is 79.9. The van der Waals surface area contributed by atoms with Gasteiger partial charge in [0, 0.05) is 18.3 Å². The van der Waals surface area contributed by atoms with Crippen molar-refractivity contribution in [3.05, 3.63) is 51.9 Å². The summed E-state index contributed by atoms with van der Waals surface area (Å²) in [6.45, 7) is 0. The highest BCUT2D eigenvalue weighted by Gasteiger charge is 2.16. The predicted molar refractivity (Wildman–Crippen MR) is 87.6 cm³/mol. The highest BCUT2D eigenvalue weighted by Crippen LogP contribution is 2.38. The maximum atomic E-state index is 6.29. The summed E-state index contributed by atoms with van der Waals surface area (Å²) in [7, 11) is 0. The van der Waals surface area contributed by atoms with Gasteiger partial charge in [-0.15, -0.1) is 11.3 Å². The molecule has 0 saturated carbocycles. The minimum atomic E-state index is -0.130. The molecule has 0 radical (unpaired) electrons. The third-order valence-corrected chi connectivity index (χ3v) is 6.82. The Kier molecular flexibility index (Phi) is 4.88. The van der Waals surface area contributed by atoms with E-state index in [2.05, 4.69) is 63.7 Å². The van der Waals surface area contributed by atoms with Crippen LogP contribution in [-0.4, -0.2) is 0 Å². The van der Waals surface area contributed by atoms with E-state index in [0.717, 1.165) is 27.6 Å². The van der Waals surface area contributed by atoms with Crippen molar-refractivity contribution >= 4 is 75.1 Å². The van der Waals surface area contributed by atoms with Gasteiger partial charge in [0.05, 0.1) is 9.83 Å². The Hall–Kier alpha value is 0.800. The van der Waals surface area contributed by atoms with E-state index in [1.807, 2.05) is 24.3 Å². The van der Waals surface area contributed by atoms with Gasteiger partial charge < -0.3 is 5.73 Å². The zero-order chi connectivity index (χ0) is 12.6. The summed E-state index contributed by atoms with van der Waals surface area (Å²) < 4.78 is 4.16. The molecule has 2 N–H and O–H groups in total. The summed E-state index contributed by atoms with van der Waals surface area (Å²) in [5, 5.41) is 0. The molecule has 2 aromatic rings. The largest absolute Gasteiger partial charge is 0.320 e. The first kappa shape index (κ1) is 14.2. The molecule has 90 valence electrons. The van der Waals surface area contributed by atoms with Crippen molar-refractivity contribution in [1.82, 2.24) is 0 Å². The average molecular weight is 505 g/mol. The standard InChI is InChI=1S/C11H7Br4NS/c12-5-1-2-7(13)6(3-5)10(16)9-4-8(14)11(15)17-9/h1-4,10H,16H2. The normalized spacial score (nSPS) is 12.8. The molecule has 0 aliphatic carbocycles. The monoisotopic (exact) mass is 501 g/mol. The van der Waals surface area contributed by atoms with Crippen molar-refractivity contribution in [2.45, 2.75) is 6.04 Å². The molecule has 0 spiro atoms. The summed E-state index contributed by atoms with van der Waals surface area (Å²) in [4.78, 5) is 1.11. The first-order chi connectivity index (χ1) is 7.99. The second-order valence-electron chi connectivity index (χ2n) is 3.41. The second kappa shape index (κ2) is 5.84. The van der Waals surface area contributed by atoms with Gasteiger partial charge in [0.15, 0.2) is 0 Å². The molecule has 1 unspecified atom stereocenters.